The quantitative estimate of drug-likeness (QED) is 0.756. The maximum absolute atomic E-state index is 8.98. The number of allylic oxidation sites excluding steroid dienone is 1. The van der Waals surface area contributed by atoms with Crippen LogP contribution in [0.15, 0.2) is 23.9 Å². The van der Waals surface area contributed by atoms with Crippen LogP contribution in [-0.4, -0.2) is 30.2 Å². The van der Waals surface area contributed by atoms with Gasteiger partial charge in [0.15, 0.2) is 0 Å². The number of rotatable bonds is 2. The van der Waals surface area contributed by atoms with Gasteiger partial charge in [-0.05, 0) is 39.3 Å². The molecule has 0 radical (unpaired) electrons. The van der Waals surface area contributed by atoms with Crippen LogP contribution in [-0.2, 0) is 0 Å². The molecule has 0 bridgehead atoms. The van der Waals surface area contributed by atoms with Crippen molar-refractivity contribution in [2.45, 2.75) is 50.4 Å². The molecule has 1 saturated heterocycles. The van der Waals surface area contributed by atoms with Crippen molar-refractivity contribution in [2.75, 3.05) is 7.05 Å². The van der Waals surface area contributed by atoms with Crippen molar-refractivity contribution < 1.29 is 0 Å². The van der Waals surface area contributed by atoms with E-state index >= 15 is 0 Å². The highest BCUT2D eigenvalue weighted by atomic mass is 15.2. The van der Waals surface area contributed by atoms with Gasteiger partial charge in [0.25, 0.3) is 6.71 Å². The molecule has 0 aromatic carbocycles. The van der Waals surface area contributed by atoms with Gasteiger partial charge >= 0.3 is 0 Å². The fourth-order valence-corrected chi connectivity index (χ4v) is 3.03. The van der Waals surface area contributed by atoms with Crippen molar-refractivity contribution in [2.24, 2.45) is 5.73 Å². The first kappa shape index (κ1) is 13.2. The lowest BCUT2D eigenvalue weighted by Crippen LogP contribution is -2.51. The van der Waals surface area contributed by atoms with Gasteiger partial charge in [0, 0.05) is 23.2 Å². The molecule has 1 heterocycles. The predicted octanol–water partition coefficient (Wildman–Crippen LogP) is 2.20. The van der Waals surface area contributed by atoms with Gasteiger partial charge in [0.2, 0.25) is 0 Å². The van der Waals surface area contributed by atoms with Crippen LogP contribution in [0, 0.1) is 11.2 Å². The first-order valence-electron chi connectivity index (χ1n) is 6.81. The van der Waals surface area contributed by atoms with Gasteiger partial charge in [-0.3, -0.25) is 4.90 Å². The van der Waals surface area contributed by atoms with Crippen LogP contribution in [0.1, 0.15) is 26.2 Å². The molecule has 1 atom stereocenters. The van der Waals surface area contributed by atoms with E-state index in [1.807, 2.05) is 6.08 Å². The lowest BCUT2D eigenvalue weighted by molar-refractivity contribution is 0.0938. The topological polar surface area (TPSA) is 53.0 Å². The molecule has 0 aromatic heterocycles. The fourth-order valence-electron chi connectivity index (χ4n) is 3.03. The first-order valence-corrected chi connectivity index (χ1v) is 6.81. The summed E-state index contributed by atoms with van der Waals surface area (Å²) in [6, 6.07) is 0.445. The summed E-state index contributed by atoms with van der Waals surface area (Å²) in [6.45, 7) is 2.60. The molecule has 2 aliphatic rings. The summed E-state index contributed by atoms with van der Waals surface area (Å²) in [6.07, 6.45) is 11.6. The Bertz CT molecular complexity index is 400. The summed E-state index contributed by atoms with van der Waals surface area (Å²) in [4.78, 5) is 2.47. The van der Waals surface area contributed by atoms with Crippen LogP contribution in [0.4, 0.5) is 0 Å². The minimum absolute atomic E-state index is 0.225. The third kappa shape index (κ3) is 2.62. The second kappa shape index (κ2) is 5.20. The molecule has 1 fully saturated rings. The summed E-state index contributed by atoms with van der Waals surface area (Å²) in [5, 5.41) is 8.98. The van der Waals surface area contributed by atoms with Crippen LogP contribution in [0.5, 0.6) is 0 Å². The van der Waals surface area contributed by atoms with Gasteiger partial charge in [-0.25, -0.2) is 5.26 Å². The van der Waals surface area contributed by atoms with Crippen LogP contribution >= 0.6 is 0 Å². The molecule has 2 rings (SSSR count). The Labute approximate surface area is 110 Å². The smallest absolute Gasteiger partial charge is 0.267 e. The first-order chi connectivity index (χ1) is 8.55. The number of hydrogen-bond donors (Lipinski definition) is 1. The Morgan fingerprint density at radius 1 is 1.50 bits per heavy atom. The van der Waals surface area contributed by atoms with Crippen LogP contribution < -0.4 is 5.73 Å². The third-order valence-electron chi connectivity index (χ3n) is 4.70. The highest BCUT2D eigenvalue weighted by molar-refractivity contribution is 6.67. The summed E-state index contributed by atoms with van der Waals surface area (Å²) in [5.41, 5.74) is 6.86. The van der Waals surface area contributed by atoms with Gasteiger partial charge in [0.05, 0.1) is 0 Å². The molecule has 0 spiro atoms. The van der Waals surface area contributed by atoms with Crippen LogP contribution in [0.2, 0.25) is 12.6 Å². The van der Waals surface area contributed by atoms with Gasteiger partial charge < -0.3 is 5.73 Å². The van der Waals surface area contributed by atoms with Crippen molar-refractivity contribution in [1.82, 2.24) is 4.90 Å². The highest BCUT2D eigenvalue weighted by Gasteiger charge is 2.38. The van der Waals surface area contributed by atoms with E-state index in [1.165, 1.54) is 0 Å². The Kier molecular flexibility index (Phi) is 3.82. The zero-order valence-electron chi connectivity index (χ0n) is 11.4. The number of hydrogen-bond acceptors (Lipinski definition) is 3. The second-order valence-corrected chi connectivity index (χ2v) is 5.88. The average molecular weight is 243 g/mol. The SMILES string of the molecule is CN(C1C=CC(N)=CC1)C1(C)CCB(C#N)CC1. The van der Waals surface area contributed by atoms with Crippen molar-refractivity contribution in [3.05, 3.63) is 23.9 Å². The predicted molar refractivity (Wildman–Crippen MR) is 76.2 cm³/mol. The van der Waals surface area contributed by atoms with Crippen molar-refractivity contribution >= 4 is 6.71 Å². The van der Waals surface area contributed by atoms with E-state index in [2.05, 4.69) is 37.0 Å². The molecule has 0 saturated carbocycles. The van der Waals surface area contributed by atoms with Crippen molar-refractivity contribution in [3.63, 3.8) is 0 Å². The van der Waals surface area contributed by atoms with Crippen LogP contribution in [0.3, 0.4) is 0 Å². The molecule has 1 unspecified atom stereocenters. The molecule has 4 heteroatoms. The van der Waals surface area contributed by atoms with E-state index in [0.29, 0.717) is 6.04 Å². The molecule has 0 amide bonds. The van der Waals surface area contributed by atoms with E-state index in [1.54, 1.807) is 0 Å². The summed E-state index contributed by atoms with van der Waals surface area (Å²) < 4.78 is 0. The van der Waals surface area contributed by atoms with Crippen molar-refractivity contribution in [3.8, 4) is 5.97 Å². The number of nitrogens with zero attached hydrogens (tertiary/aromatic N) is 2. The van der Waals surface area contributed by atoms with E-state index in [-0.39, 0.29) is 12.3 Å². The van der Waals surface area contributed by atoms with E-state index in [4.69, 9.17) is 11.0 Å². The molecular weight excluding hydrogens is 221 g/mol. The Hall–Kier alpha value is -1.21. The fraction of sp³-hybridized carbons (Fsp3) is 0.643. The monoisotopic (exact) mass is 243 g/mol. The minimum Gasteiger partial charge on any atom is -0.399 e. The molecular formula is C14H22BN3. The second-order valence-electron chi connectivity index (χ2n) is 5.88. The zero-order valence-corrected chi connectivity index (χ0v) is 11.4. The molecule has 1 aliphatic heterocycles. The van der Waals surface area contributed by atoms with Crippen LogP contribution in [0.25, 0.3) is 0 Å². The molecule has 3 nitrogen and oxygen atoms in total. The van der Waals surface area contributed by atoms with Gasteiger partial charge in [-0.2, -0.15) is 0 Å². The zero-order chi connectivity index (χ0) is 13.2. The standard InChI is InChI=1S/C14H22BN3/c1-14(7-9-15(11-16)10-8-14)18(2)13-5-3-12(17)4-6-13/h3-5,13H,6-10,17H2,1-2H3. The van der Waals surface area contributed by atoms with E-state index < -0.39 is 0 Å². The Balaban J connectivity index is 1.99. The average Bonchev–Trinajstić information content (AvgIpc) is 2.40. The largest absolute Gasteiger partial charge is 0.399 e. The molecule has 0 aromatic rings. The minimum atomic E-state index is 0.225. The number of nitrogens with two attached hydrogens (primary N) is 1. The van der Waals surface area contributed by atoms with Gasteiger partial charge in [-0.15, -0.1) is 0 Å². The molecule has 96 valence electrons. The molecule has 18 heavy (non-hydrogen) atoms. The number of likely N-dealkylation sites (N-methyl/N-ethyl adjacent to an activating group) is 1. The van der Waals surface area contributed by atoms with Gasteiger partial charge in [0.1, 0.15) is 0 Å². The third-order valence-corrected chi connectivity index (χ3v) is 4.70. The maximum Gasteiger partial charge on any atom is 0.267 e. The molecule has 2 N–H and O–H groups in total. The van der Waals surface area contributed by atoms with Crippen molar-refractivity contribution in [1.29, 1.82) is 5.26 Å². The number of nitriles is 1. The Morgan fingerprint density at radius 2 is 2.17 bits per heavy atom. The lowest BCUT2D eigenvalue weighted by Gasteiger charge is -2.46. The molecule has 1 aliphatic carbocycles. The summed E-state index contributed by atoms with van der Waals surface area (Å²) in [5.74, 6) is 2.41. The van der Waals surface area contributed by atoms with Gasteiger partial charge in [-0.1, -0.05) is 24.8 Å². The lowest BCUT2D eigenvalue weighted by atomic mass is 9.41. The van der Waals surface area contributed by atoms with E-state index in [0.717, 1.165) is 37.6 Å². The highest BCUT2D eigenvalue weighted by Crippen LogP contribution is 2.35. The summed E-state index contributed by atoms with van der Waals surface area (Å²) in [7, 11) is 2.21. The van der Waals surface area contributed by atoms with E-state index in [9.17, 15) is 0 Å². The maximum atomic E-state index is 8.98. The summed E-state index contributed by atoms with van der Waals surface area (Å²) >= 11 is 0. The normalized spacial score (nSPS) is 26.9. The Morgan fingerprint density at radius 3 is 2.67 bits per heavy atom.